The fourth-order valence-corrected chi connectivity index (χ4v) is 3.85. The molecule has 0 atom stereocenters. The summed E-state index contributed by atoms with van der Waals surface area (Å²) in [5.74, 6) is -4.36. The van der Waals surface area contributed by atoms with Gasteiger partial charge in [0.2, 0.25) is 5.78 Å². The topological polar surface area (TPSA) is 152 Å². The van der Waals surface area contributed by atoms with Gasteiger partial charge in [0.25, 0.3) is 5.91 Å². The lowest BCUT2D eigenvalue weighted by Gasteiger charge is -2.30. The summed E-state index contributed by atoms with van der Waals surface area (Å²) in [5.41, 5.74) is -13.7. The van der Waals surface area contributed by atoms with Gasteiger partial charge in [0.15, 0.2) is 5.84 Å². The molecular formula is C15H18F6N4O8S2. The summed E-state index contributed by atoms with van der Waals surface area (Å²) < 4.78 is 139. The summed E-state index contributed by atoms with van der Waals surface area (Å²) in [6, 6.07) is 0. The van der Waals surface area contributed by atoms with E-state index in [0.29, 0.717) is 4.90 Å². The Morgan fingerprint density at radius 1 is 0.714 bits per heavy atom. The van der Waals surface area contributed by atoms with Crippen LogP contribution in [0.15, 0.2) is 8.80 Å². The second-order valence-electron chi connectivity index (χ2n) is 6.90. The summed E-state index contributed by atoms with van der Waals surface area (Å²) in [7, 11) is -12.9. The third-order valence-corrected chi connectivity index (χ3v) is 6.50. The maximum absolute atomic E-state index is 13.0. The van der Waals surface area contributed by atoms with E-state index < -0.39 is 73.8 Å². The van der Waals surface area contributed by atoms with Gasteiger partial charge < -0.3 is 19.3 Å². The third-order valence-electron chi connectivity index (χ3n) is 4.46. The van der Waals surface area contributed by atoms with Gasteiger partial charge in [-0.25, -0.2) is 0 Å². The number of carbonyl (C=O) groups is 2. The molecule has 0 spiro atoms. The molecule has 2 rings (SSSR count). The highest BCUT2D eigenvalue weighted by molar-refractivity contribution is 7.91. The molecule has 1 amide bonds. The standard InChI is InChI=1S/C15H18F6N4O8S2/c16-14(17,18)34(28,29)22-10(9-11(26)13(27)25-3-7-33-8-4-25)12(24-1-5-32-6-2-24)23-35(30,31)15(19,20)21/h1-9H2. The molecule has 2 heterocycles. The van der Waals surface area contributed by atoms with E-state index in [9.17, 15) is 52.8 Å². The van der Waals surface area contributed by atoms with Gasteiger partial charge in [-0.2, -0.15) is 47.6 Å². The smallest absolute Gasteiger partial charge is 0.378 e. The molecule has 2 aliphatic heterocycles. The van der Waals surface area contributed by atoms with Crippen LogP contribution in [0, 0.1) is 0 Å². The molecule has 2 aliphatic rings. The molecule has 0 bridgehead atoms. The number of hydrogen-bond acceptors (Lipinski definition) is 8. The summed E-state index contributed by atoms with van der Waals surface area (Å²) in [5, 5.41) is 0. The Morgan fingerprint density at radius 2 is 1.11 bits per heavy atom. The molecule has 2 fully saturated rings. The van der Waals surface area contributed by atoms with E-state index in [0.717, 1.165) is 4.90 Å². The molecule has 35 heavy (non-hydrogen) atoms. The maximum Gasteiger partial charge on any atom is 0.518 e. The lowest BCUT2D eigenvalue weighted by atomic mass is 10.1. The Bertz CT molecular complexity index is 1090. The Labute approximate surface area is 194 Å². The fraction of sp³-hybridized carbons (Fsp3) is 0.733. The Kier molecular flexibility index (Phi) is 8.88. The first kappa shape index (κ1) is 28.9. The van der Waals surface area contributed by atoms with Crippen molar-refractivity contribution in [3.8, 4) is 0 Å². The van der Waals surface area contributed by atoms with Crippen LogP contribution in [0.4, 0.5) is 26.3 Å². The van der Waals surface area contributed by atoms with E-state index in [-0.39, 0.29) is 39.5 Å². The molecule has 0 aromatic carbocycles. The molecule has 0 N–H and O–H groups in total. The summed E-state index contributed by atoms with van der Waals surface area (Å²) in [6.07, 6.45) is -1.59. The van der Waals surface area contributed by atoms with Crippen molar-refractivity contribution in [1.82, 2.24) is 9.80 Å². The van der Waals surface area contributed by atoms with E-state index in [1.807, 2.05) is 0 Å². The number of morpholine rings is 2. The number of Topliss-reactive ketones (excluding diaryl/α,β-unsaturated/α-hetero) is 1. The zero-order chi connectivity index (χ0) is 26.7. The van der Waals surface area contributed by atoms with Crippen molar-refractivity contribution in [3.05, 3.63) is 0 Å². The first-order valence-electron chi connectivity index (χ1n) is 9.50. The van der Waals surface area contributed by atoms with Gasteiger partial charge in [0, 0.05) is 26.2 Å². The van der Waals surface area contributed by atoms with E-state index in [1.54, 1.807) is 0 Å². The molecule has 0 radical (unpaired) electrons. The molecular weight excluding hydrogens is 542 g/mol. The number of rotatable bonds is 6. The number of amides is 1. The minimum Gasteiger partial charge on any atom is -0.378 e. The highest BCUT2D eigenvalue weighted by atomic mass is 32.2. The number of alkyl halides is 6. The van der Waals surface area contributed by atoms with Crippen molar-refractivity contribution >= 4 is 43.3 Å². The van der Waals surface area contributed by atoms with Crippen LogP contribution < -0.4 is 0 Å². The van der Waals surface area contributed by atoms with E-state index in [4.69, 9.17) is 9.47 Å². The molecule has 0 unspecified atom stereocenters. The number of ether oxygens (including phenoxy) is 2. The van der Waals surface area contributed by atoms with Crippen LogP contribution in [0.25, 0.3) is 0 Å². The van der Waals surface area contributed by atoms with E-state index >= 15 is 0 Å². The van der Waals surface area contributed by atoms with Crippen LogP contribution in [0.5, 0.6) is 0 Å². The van der Waals surface area contributed by atoms with Crippen LogP contribution in [0.3, 0.4) is 0 Å². The van der Waals surface area contributed by atoms with Crippen LogP contribution in [-0.2, 0) is 39.1 Å². The lowest BCUT2D eigenvalue weighted by molar-refractivity contribution is -0.146. The second-order valence-corrected chi connectivity index (χ2v) is 10.1. The van der Waals surface area contributed by atoms with Gasteiger partial charge in [-0.1, -0.05) is 0 Å². The van der Waals surface area contributed by atoms with Gasteiger partial charge in [-0.3, -0.25) is 9.59 Å². The molecule has 0 aromatic heterocycles. The molecule has 0 saturated carbocycles. The summed E-state index contributed by atoms with van der Waals surface area (Å²) >= 11 is 0. The van der Waals surface area contributed by atoms with Crippen LogP contribution in [0.2, 0.25) is 0 Å². The second kappa shape index (κ2) is 10.7. The molecule has 12 nitrogen and oxygen atoms in total. The van der Waals surface area contributed by atoms with Gasteiger partial charge in [-0.05, 0) is 0 Å². The zero-order valence-corrected chi connectivity index (χ0v) is 19.1. The number of amidine groups is 1. The first-order chi connectivity index (χ1) is 16.0. The molecule has 20 heteroatoms. The summed E-state index contributed by atoms with van der Waals surface area (Å²) in [6.45, 7) is -1.60. The number of carbonyl (C=O) groups excluding carboxylic acids is 2. The fourth-order valence-electron chi connectivity index (χ4n) is 2.75. The van der Waals surface area contributed by atoms with Crippen molar-refractivity contribution < 1.29 is 62.2 Å². The largest absolute Gasteiger partial charge is 0.518 e. The highest BCUT2D eigenvalue weighted by Crippen LogP contribution is 2.27. The minimum absolute atomic E-state index is 0.00668. The van der Waals surface area contributed by atoms with Gasteiger partial charge >= 0.3 is 31.1 Å². The third kappa shape index (κ3) is 7.34. The predicted octanol–water partition coefficient (Wildman–Crippen LogP) is -0.325. The Balaban J connectivity index is 2.63. The molecule has 0 aromatic rings. The van der Waals surface area contributed by atoms with Crippen LogP contribution >= 0.6 is 0 Å². The number of nitrogens with zero attached hydrogens (tertiary/aromatic N) is 4. The lowest BCUT2D eigenvalue weighted by Crippen LogP contribution is -2.48. The quantitative estimate of drug-likeness (QED) is 0.184. The van der Waals surface area contributed by atoms with Crippen LogP contribution in [-0.4, -0.2) is 113 Å². The van der Waals surface area contributed by atoms with E-state index in [1.165, 1.54) is 0 Å². The number of ketones is 1. The average molecular weight is 560 g/mol. The minimum atomic E-state index is -6.49. The van der Waals surface area contributed by atoms with Gasteiger partial charge in [-0.15, -0.1) is 4.40 Å². The Hall–Kier alpha value is -2.32. The number of halogens is 6. The zero-order valence-electron chi connectivity index (χ0n) is 17.5. The van der Waals surface area contributed by atoms with Crippen molar-refractivity contribution in [2.75, 3.05) is 52.6 Å². The van der Waals surface area contributed by atoms with Crippen molar-refractivity contribution in [2.24, 2.45) is 8.80 Å². The normalized spacial score (nSPS) is 19.6. The average Bonchev–Trinajstić information content (AvgIpc) is 2.76. The van der Waals surface area contributed by atoms with Gasteiger partial charge in [0.05, 0.1) is 32.8 Å². The number of hydrogen-bond donors (Lipinski definition) is 0. The summed E-state index contributed by atoms with van der Waals surface area (Å²) in [4.78, 5) is 26.4. The van der Waals surface area contributed by atoms with Gasteiger partial charge in [0.1, 0.15) is 5.71 Å². The SMILES string of the molecule is O=C(CC(=NS(=O)(=O)C(F)(F)F)C(=NS(=O)(=O)C(F)(F)F)N1CCOCC1)C(=O)N1CCOCC1. The molecule has 200 valence electrons. The maximum atomic E-state index is 13.0. The molecule has 2 saturated heterocycles. The van der Waals surface area contributed by atoms with E-state index in [2.05, 4.69) is 8.80 Å². The predicted molar refractivity (Wildman–Crippen MR) is 104 cm³/mol. The number of sulfonamides is 2. The monoisotopic (exact) mass is 560 g/mol. The van der Waals surface area contributed by atoms with Crippen molar-refractivity contribution in [1.29, 1.82) is 0 Å². The first-order valence-corrected chi connectivity index (χ1v) is 12.4. The van der Waals surface area contributed by atoms with Crippen LogP contribution in [0.1, 0.15) is 6.42 Å². The van der Waals surface area contributed by atoms with Crippen molar-refractivity contribution in [2.45, 2.75) is 17.4 Å². The Morgan fingerprint density at radius 3 is 1.54 bits per heavy atom. The van der Waals surface area contributed by atoms with Crippen molar-refractivity contribution in [3.63, 3.8) is 0 Å². The highest BCUT2D eigenvalue weighted by Gasteiger charge is 2.49. The molecule has 0 aliphatic carbocycles.